The molecule has 0 amide bonds. The van der Waals surface area contributed by atoms with Crippen LogP contribution in [0, 0.1) is 34.5 Å². The van der Waals surface area contributed by atoms with E-state index in [1.54, 1.807) is 6.20 Å². The summed E-state index contributed by atoms with van der Waals surface area (Å²) in [6.07, 6.45) is 7.65. The zero-order valence-electron chi connectivity index (χ0n) is 22.4. The lowest BCUT2D eigenvalue weighted by Crippen LogP contribution is -2.68. The molecule has 1 N–H and O–H groups in total. The van der Waals surface area contributed by atoms with Gasteiger partial charge in [0.05, 0.1) is 12.0 Å². The second-order valence-electron chi connectivity index (χ2n) is 12.3. The van der Waals surface area contributed by atoms with Crippen molar-refractivity contribution in [3.8, 4) is 0 Å². The van der Waals surface area contributed by atoms with Crippen molar-refractivity contribution >= 4 is 11.7 Å². The summed E-state index contributed by atoms with van der Waals surface area (Å²) in [6.45, 7) is 16.6. The van der Waals surface area contributed by atoms with Gasteiger partial charge in [-0.25, -0.2) is 4.99 Å². The number of rotatable bonds is 3. The molecule has 0 radical (unpaired) electrons. The number of allylic oxidation sites excluding steroid dienone is 2. The van der Waals surface area contributed by atoms with Gasteiger partial charge in [-0.1, -0.05) is 45.9 Å². The van der Waals surface area contributed by atoms with Crippen LogP contribution < -0.4 is 0 Å². The van der Waals surface area contributed by atoms with Crippen LogP contribution in [0.25, 0.3) is 0 Å². The predicted molar refractivity (Wildman–Crippen MR) is 135 cm³/mol. The molecule has 1 saturated heterocycles. The minimum atomic E-state index is -1.61. The third-order valence-corrected chi connectivity index (χ3v) is 9.59. The molecule has 3 fully saturated rings. The van der Waals surface area contributed by atoms with Crippen molar-refractivity contribution in [2.24, 2.45) is 39.5 Å². The monoisotopic (exact) mass is 483 g/mol. The van der Waals surface area contributed by atoms with E-state index < -0.39 is 29.0 Å². The van der Waals surface area contributed by atoms with Crippen molar-refractivity contribution < 1.29 is 24.1 Å². The van der Waals surface area contributed by atoms with Crippen molar-refractivity contribution in [3.05, 3.63) is 35.6 Å². The quantitative estimate of drug-likeness (QED) is 0.348. The maximum atomic E-state index is 14.7. The Hall–Kier alpha value is -1.76. The van der Waals surface area contributed by atoms with Gasteiger partial charge in [0.2, 0.25) is 0 Å². The molecule has 0 aromatic heterocycles. The molecule has 6 heteroatoms. The SMILES string of the molecule is C/C=C\N=C(CC)O[C@H]1C(C)=C[C@]23C(=O)[C@@H](C=C4COC(C)(C)O[C@H]4[C@]12O)[C@H]1C(C[C@H]3C)C1(C)C. The van der Waals surface area contributed by atoms with Crippen LogP contribution >= 0.6 is 0 Å². The molecule has 1 spiro atoms. The van der Waals surface area contributed by atoms with E-state index in [2.05, 4.69) is 31.8 Å². The molecular formula is C29H41NO5. The van der Waals surface area contributed by atoms with E-state index in [0.29, 0.717) is 24.8 Å². The highest BCUT2D eigenvalue weighted by Crippen LogP contribution is 2.72. The lowest BCUT2D eigenvalue weighted by molar-refractivity contribution is -0.302. The summed E-state index contributed by atoms with van der Waals surface area (Å²) in [6, 6.07) is 0. The van der Waals surface area contributed by atoms with Gasteiger partial charge in [-0.2, -0.15) is 0 Å². The molecule has 6 nitrogen and oxygen atoms in total. The van der Waals surface area contributed by atoms with E-state index in [1.165, 1.54) is 0 Å². The highest BCUT2D eigenvalue weighted by molar-refractivity contribution is 5.95. The molecule has 5 rings (SSSR count). The fraction of sp³-hybridized carbons (Fsp3) is 0.724. The highest BCUT2D eigenvalue weighted by atomic mass is 16.7. The number of fused-ring (bicyclic) bond motifs is 5. The summed E-state index contributed by atoms with van der Waals surface area (Å²) >= 11 is 0. The number of nitrogens with zero attached hydrogens (tertiary/aromatic N) is 1. The Morgan fingerprint density at radius 2 is 2.03 bits per heavy atom. The van der Waals surface area contributed by atoms with Gasteiger partial charge in [0.15, 0.2) is 29.2 Å². The minimum Gasteiger partial charge on any atom is -0.470 e. The van der Waals surface area contributed by atoms with E-state index in [9.17, 15) is 9.90 Å². The number of ketones is 1. The molecule has 5 aliphatic rings. The fourth-order valence-electron chi connectivity index (χ4n) is 7.80. The molecule has 192 valence electrons. The molecule has 4 aliphatic carbocycles. The number of hydrogen-bond donors (Lipinski definition) is 1. The summed E-state index contributed by atoms with van der Waals surface area (Å²) in [5.74, 6) is 0.103. The fourth-order valence-corrected chi connectivity index (χ4v) is 7.80. The van der Waals surface area contributed by atoms with Gasteiger partial charge in [-0.05, 0) is 68.4 Å². The first-order valence-corrected chi connectivity index (χ1v) is 13.2. The molecule has 35 heavy (non-hydrogen) atoms. The third kappa shape index (κ3) is 3.25. The summed E-state index contributed by atoms with van der Waals surface area (Å²) < 4.78 is 19.1. The molecule has 8 atom stereocenters. The van der Waals surface area contributed by atoms with Crippen molar-refractivity contribution in [1.29, 1.82) is 0 Å². The van der Waals surface area contributed by atoms with Gasteiger partial charge in [0, 0.05) is 18.5 Å². The molecular weight excluding hydrogens is 442 g/mol. The van der Waals surface area contributed by atoms with E-state index in [1.807, 2.05) is 46.8 Å². The average Bonchev–Trinajstić information content (AvgIpc) is 3.28. The standard InChI is InChI=1S/C29H41NO5/c1-9-11-30-21(10-2)34-24-16(3)14-28-17(4)12-20-22(26(20,5)6)19(23(28)31)13-18-15-33-27(7,8)35-25(18)29(24,28)32/h9,11,13-14,17,19-20,22,24-25,32H,10,12,15H2,1-8H3/b11-9-,30-21?/t17-,19+,20?,22+,24+,25-,28+,29-/m1/s1. The number of carbonyl (C=O) groups is 1. The largest absolute Gasteiger partial charge is 0.470 e. The first-order valence-electron chi connectivity index (χ1n) is 13.2. The Bertz CT molecular complexity index is 1050. The van der Waals surface area contributed by atoms with Gasteiger partial charge >= 0.3 is 0 Å². The topological polar surface area (TPSA) is 77.4 Å². The summed E-state index contributed by atoms with van der Waals surface area (Å²) in [7, 11) is 0. The van der Waals surface area contributed by atoms with Gasteiger partial charge in [0.25, 0.3) is 0 Å². The van der Waals surface area contributed by atoms with Crippen LogP contribution in [0.5, 0.6) is 0 Å². The highest BCUT2D eigenvalue weighted by Gasteiger charge is 2.77. The molecule has 0 aromatic carbocycles. The van der Waals surface area contributed by atoms with Crippen LogP contribution in [-0.4, -0.2) is 47.0 Å². The average molecular weight is 484 g/mol. The number of Topliss-reactive ketones (excluding diaryl/α,β-unsaturated/α-hetero) is 1. The van der Waals surface area contributed by atoms with Gasteiger partial charge < -0.3 is 19.3 Å². The first kappa shape index (κ1) is 24.9. The Morgan fingerprint density at radius 1 is 1.31 bits per heavy atom. The predicted octanol–water partition coefficient (Wildman–Crippen LogP) is 4.98. The second kappa shape index (κ2) is 7.87. The molecule has 2 bridgehead atoms. The van der Waals surface area contributed by atoms with E-state index in [4.69, 9.17) is 14.2 Å². The van der Waals surface area contributed by atoms with Crippen molar-refractivity contribution in [1.82, 2.24) is 0 Å². The Balaban J connectivity index is 1.71. The number of hydrogen-bond acceptors (Lipinski definition) is 6. The molecule has 2 saturated carbocycles. The summed E-state index contributed by atoms with van der Waals surface area (Å²) in [4.78, 5) is 19.1. The number of aliphatic hydroxyl groups is 1. The molecule has 1 unspecified atom stereocenters. The maximum Gasteiger partial charge on any atom is 0.188 e. The van der Waals surface area contributed by atoms with Crippen LogP contribution in [0.4, 0.5) is 0 Å². The van der Waals surface area contributed by atoms with Crippen molar-refractivity contribution in [3.63, 3.8) is 0 Å². The minimum absolute atomic E-state index is 0.0670. The molecule has 0 aromatic rings. The van der Waals surface area contributed by atoms with Crippen molar-refractivity contribution in [2.75, 3.05) is 6.61 Å². The third-order valence-electron chi connectivity index (χ3n) is 9.59. The summed E-state index contributed by atoms with van der Waals surface area (Å²) in [5.41, 5.74) is -0.907. The lowest BCUT2D eigenvalue weighted by atomic mass is 9.59. The summed E-state index contributed by atoms with van der Waals surface area (Å²) in [5, 5.41) is 13.0. The van der Waals surface area contributed by atoms with Gasteiger partial charge in [-0.3, -0.25) is 4.79 Å². The number of ether oxygens (including phenoxy) is 3. The zero-order valence-corrected chi connectivity index (χ0v) is 22.4. The van der Waals surface area contributed by atoms with Gasteiger partial charge in [0.1, 0.15) is 6.10 Å². The lowest BCUT2D eigenvalue weighted by Gasteiger charge is -2.53. The van der Waals surface area contributed by atoms with Crippen LogP contribution in [0.15, 0.2) is 40.6 Å². The number of carbonyl (C=O) groups excluding carboxylic acids is 1. The van der Waals surface area contributed by atoms with Crippen LogP contribution in [0.1, 0.15) is 68.2 Å². The zero-order chi connectivity index (χ0) is 25.6. The van der Waals surface area contributed by atoms with Crippen LogP contribution in [-0.2, 0) is 19.0 Å². The van der Waals surface area contributed by atoms with Crippen LogP contribution in [0.2, 0.25) is 0 Å². The van der Waals surface area contributed by atoms with Gasteiger partial charge in [-0.15, -0.1) is 0 Å². The molecule has 1 heterocycles. The second-order valence-corrected chi connectivity index (χ2v) is 12.3. The number of aliphatic imine (C=N–C) groups is 1. The van der Waals surface area contributed by atoms with E-state index in [-0.39, 0.29) is 29.0 Å². The Labute approximate surface area is 209 Å². The van der Waals surface area contributed by atoms with E-state index in [0.717, 1.165) is 17.6 Å². The Kier molecular flexibility index (Phi) is 5.60. The molecule has 1 aliphatic heterocycles. The normalized spacial score (nSPS) is 45.5. The van der Waals surface area contributed by atoms with E-state index >= 15 is 0 Å². The first-order chi connectivity index (χ1) is 16.3. The maximum absolute atomic E-state index is 14.7. The smallest absolute Gasteiger partial charge is 0.188 e. The Morgan fingerprint density at radius 3 is 2.69 bits per heavy atom. The van der Waals surface area contributed by atoms with Crippen LogP contribution in [0.3, 0.4) is 0 Å². The van der Waals surface area contributed by atoms with Crippen molar-refractivity contribution in [2.45, 2.75) is 91.8 Å².